The van der Waals surface area contributed by atoms with Crippen LogP contribution in [0.1, 0.15) is 11.8 Å². The Balaban J connectivity index is 1.66. The summed E-state index contributed by atoms with van der Waals surface area (Å²) in [7, 11) is 0. The molecule has 0 aliphatic rings. The number of hydrogen-bond donors (Lipinski definition) is 1. The minimum Gasteiger partial charge on any atom is -0.415 e. The fourth-order valence-corrected chi connectivity index (χ4v) is 2.28. The summed E-state index contributed by atoms with van der Waals surface area (Å²) in [6.07, 6.45) is 0. The van der Waals surface area contributed by atoms with E-state index in [1.54, 1.807) is 12.1 Å². The first-order valence-electron chi connectivity index (χ1n) is 5.98. The topological polar surface area (TPSA) is 104 Å². The maximum absolute atomic E-state index is 5.84. The third-order valence-electron chi connectivity index (χ3n) is 2.51. The molecule has 0 aliphatic heterocycles. The zero-order valence-corrected chi connectivity index (χ0v) is 12.3. The Morgan fingerprint density at radius 1 is 1.14 bits per heavy atom. The molecule has 0 fully saturated rings. The number of halogens is 1. The molecule has 3 rings (SSSR count). The van der Waals surface area contributed by atoms with E-state index in [1.165, 1.54) is 11.8 Å². The number of nitrogens with two attached hydrogens (primary N) is 1. The number of rotatable bonds is 5. The van der Waals surface area contributed by atoms with E-state index < -0.39 is 0 Å². The zero-order chi connectivity index (χ0) is 14.7. The third-order valence-corrected chi connectivity index (χ3v) is 3.57. The van der Waals surface area contributed by atoms with Gasteiger partial charge >= 0.3 is 0 Å². The van der Waals surface area contributed by atoms with Crippen molar-refractivity contribution in [1.29, 1.82) is 0 Å². The van der Waals surface area contributed by atoms with E-state index in [4.69, 9.17) is 26.3 Å². The van der Waals surface area contributed by atoms with E-state index in [9.17, 15) is 0 Å². The van der Waals surface area contributed by atoms with Gasteiger partial charge in [0, 0.05) is 10.6 Å². The van der Waals surface area contributed by atoms with E-state index in [0.29, 0.717) is 33.6 Å². The Bertz CT molecular complexity index is 727. The summed E-state index contributed by atoms with van der Waals surface area (Å²) < 4.78 is 10.4. The molecule has 0 saturated carbocycles. The molecule has 108 valence electrons. The Hall–Kier alpha value is -1.90. The molecule has 7 nitrogen and oxygen atoms in total. The summed E-state index contributed by atoms with van der Waals surface area (Å²) >= 11 is 7.14. The van der Waals surface area contributed by atoms with E-state index >= 15 is 0 Å². The van der Waals surface area contributed by atoms with Gasteiger partial charge in [-0.05, 0) is 24.3 Å². The summed E-state index contributed by atoms with van der Waals surface area (Å²) in [5.41, 5.74) is 6.23. The minimum absolute atomic E-state index is 0.217. The number of benzene rings is 1. The normalized spacial score (nSPS) is 11.0. The number of thioether (sulfide) groups is 1. The molecule has 9 heteroatoms. The first kappa shape index (κ1) is 14.1. The highest BCUT2D eigenvalue weighted by atomic mass is 35.5. The van der Waals surface area contributed by atoms with Gasteiger partial charge < -0.3 is 14.7 Å². The summed E-state index contributed by atoms with van der Waals surface area (Å²) in [5, 5.41) is 12.6. The third kappa shape index (κ3) is 3.41. The van der Waals surface area contributed by atoms with Crippen LogP contribution in [0.15, 0.2) is 38.4 Å². The van der Waals surface area contributed by atoms with Gasteiger partial charge in [0.05, 0.1) is 12.3 Å². The van der Waals surface area contributed by atoms with Crippen LogP contribution in [0.2, 0.25) is 5.02 Å². The number of aromatic nitrogens is 4. The van der Waals surface area contributed by atoms with Gasteiger partial charge in [0.15, 0.2) is 0 Å². The molecular formula is C12H10ClN5O2S. The molecular weight excluding hydrogens is 314 g/mol. The standard InChI is InChI=1S/C12H10ClN5O2S/c13-8-3-1-7(2-4-8)11-15-10(20-18-11)6-21-12-17-16-9(5-14)19-12/h1-4H,5-6,14H2. The highest BCUT2D eigenvalue weighted by Crippen LogP contribution is 2.23. The van der Waals surface area contributed by atoms with Crippen molar-refractivity contribution >= 4 is 23.4 Å². The van der Waals surface area contributed by atoms with E-state index in [0.717, 1.165) is 5.56 Å². The first-order chi connectivity index (χ1) is 10.2. The molecule has 0 saturated heterocycles. The molecule has 3 aromatic rings. The van der Waals surface area contributed by atoms with Crippen molar-refractivity contribution in [2.24, 2.45) is 5.73 Å². The van der Waals surface area contributed by atoms with Crippen LogP contribution in [-0.4, -0.2) is 20.3 Å². The highest BCUT2D eigenvalue weighted by molar-refractivity contribution is 7.98. The molecule has 0 spiro atoms. The van der Waals surface area contributed by atoms with Crippen LogP contribution < -0.4 is 5.73 Å². The van der Waals surface area contributed by atoms with Crippen LogP contribution in [0.25, 0.3) is 11.4 Å². The molecule has 2 aromatic heterocycles. The molecule has 0 atom stereocenters. The summed E-state index contributed by atoms with van der Waals surface area (Å²) in [4.78, 5) is 4.30. The average molecular weight is 324 g/mol. The SMILES string of the molecule is NCc1nnc(SCc2nc(-c3ccc(Cl)cc3)no2)o1. The summed E-state index contributed by atoms with van der Waals surface area (Å²) in [5.74, 6) is 1.81. The van der Waals surface area contributed by atoms with Crippen molar-refractivity contribution in [2.45, 2.75) is 17.5 Å². The molecule has 0 bridgehead atoms. The first-order valence-corrected chi connectivity index (χ1v) is 7.35. The largest absolute Gasteiger partial charge is 0.415 e. The van der Waals surface area contributed by atoms with Gasteiger partial charge in [-0.15, -0.1) is 10.2 Å². The second-order valence-electron chi connectivity index (χ2n) is 3.97. The van der Waals surface area contributed by atoms with Crippen LogP contribution in [0.5, 0.6) is 0 Å². The van der Waals surface area contributed by atoms with Gasteiger partial charge in [0.25, 0.3) is 5.22 Å². The molecule has 2 heterocycles. The summed E-state index contributed by atoms with van der Waals surface area (Å²) in [6.45, 7) is 0.217. The molecule has 21 heavy (non-hydrogen) atoms. The molecule has 2 N–H and O–H groups in total. The van der Waals surface area contributed by atoms with Crippen LogP contribution in [0.4, 0.5) is 0 Å². The zero-order valence-electron chi connectivity index (χ0n) is 10.7. The second kappa shape index (κ2) is 6.25. The maximum Gasteiger partial charge on any atom is 0.277 e. The van der Waals surface area contributed by atoms with Gasteiger partial charge in [-0.1, -0.05) is 28.5 Å². The second-order valence-corrected chi connectivity index (χ2v) is 5.34. The predicted molar refractivity (Wildman–Crippen MR) is 76.5 cm³/mol. The van der Waals surface area contributed by atoms with E-state index in [1.807, 2.05) is 12.1 Å². The van der Waals surface area contributed by atoms with Crippen molar-refractivity contribution < 1.29 is 8.94 Å². The molecule has 1 aromatic carbocycles. The quantitative estimate of drug-likeness (QED) is 0.714. The van der Waals surface area contributed by atoms with Crippen LogP contribution in [-0.2, 0) is 12.3 Å². The number of nitrogens with zero attached hydrogens (tertiary/aromatic N) is 4. The predicted octanol–water partition coefficient (Wildman–Crippen LogP) is 2.52. The monoisotopic (exact) mass is 323 g/mol. The van der Waals surface area contributed by atoms with Crippen LogP contribution in [0.3, 0.4) is 0 Å². The van der Waals surface area contributed by atoms with Crippen molar-refractivity contribution in [3.8, 4) is 11.4 Å². The van der Waals surface area contributed by atoms with E-state index in [-0.39, 0.29) is 6.54 Å². The van der Waals surface area contributed by atoms with E-state index in [2.05, 4.69) is 20.3 Å². The Labute approximate surface area is 128 Å². The lowest BCUT2D eigenvalue weighted by atomic mass is 10.2. The molecule has 0 aliphatic carbocycles. The maximum atomic E-state index is 5.84. The van der Waals surface area contributed by atoms with Crippen molar-refractivity contribution in [3.05, 3.63) is 41.1 Å². The van der Waals surface area contributed by atoms with Gasteiger partial charge in [-0.2, -0.15) is 4.98 Å². The minimum atomic E-state index is 0.217. The fourth-order valence-electron chi connectivity index (χ4n) is 1.53. The fraction of sp³-hybridized carbons (Fsp3) is 0.167. The van der Waals surface area contributed by atoms with Crippen molar-refractivity contribution in [1.82, 2.24) is 20.3 Å². The Morgan fingerprint density at radius 2 is 1.95 bits per heavy atom. The molecule has 0 radical (unpaired) electrons. The van der Waals surface area contributed by atoms with Gasteiger partial charge in [-0.3, -0.25) is 0 Å². The average Bonchev–Trinajstić information content (AvgIpc) is 3.15. The molecule has 0 amide bonds. The van der Waals surface area contributed by atoms with Crippen molar-refractivity contribution in [2.75, 3.05) is 0 Å². The van der Waals surface area contributed by atoms with Gasteiger partial charge in [0.2, 0.25) is 17.6 Å². The van der Waals surface area contributed by atoms with Gasteiger partial charge in [0.1, 0.15) is 0 Å². The highest BCUT2D eigenvalue weighted by Gasteiger charge is 2.11. The summed E-state index contributed by atoms with van der Waals surface area (Å²) in [6, 6.07) is 7.20. The van der Waals surface area contributed by atoms with Crippen molar-refractivity contribution in [3.63, 3.8) is 0 Å². The Kier molecular flexibility index (Phi) is 4.18. The van der Waals surface area contributed by atoms with Crippen LogP contribution >= 0.6 is 23.4 Å². The lowest BCUT2D eigenvalue weighted by molar-refractivity contribution is 0.389. The van der Waals surface area contributed by atoms with Crippen LogP contribution in [0, 0.1) is 0 Å². The van der Waals surface area contributed by atoms with Gasteiger partial charge in [-0.25, -0.2) is 0 Å². The number of hydrogen-bond acceptors (Lipinski definition) is 8. The lowest BCUT2D eigenvalue weighted by Gasteiger charge is -1.93. The smallest absolute Gasteiger partial charge is 0.277 e. The molecule has 0 unspecified atom stereocenters. The lowest BCUT2D eigenvalue weighted by Crippen LogP contribution is -1.95. The Morgan fingerprint density at radius 3 is 2.67 bits per heavy atom.